The van der Waals surface area contributed by atoms with Crippen LogP contribution in [0.1, 0.15) is 6.92 Å². The molecule has 3 heterocycles. The molecule has 4 amide bonds. The van der Waals surface area contributed by atoms with Gasteiger partial charge < -0.3 is 15.0 Å². The number of rotatable bonds is 3. The van der Waals surface area contributed by atoms with Crippen LogP contribution < -0.4 is 20.9 Å². The Morgan fingerprint density at radius 3 is 2.55 bits per heavy atom. The Kier molecular flexibility index (Phi) is 5.65. The topological polar surface area (TPSA) is 106 Å². The van der Waals surface area contributed by atoms with Gasteiger partial charge in [0.05, 0.1) is 24.4 Å². The van der Waals surface area contributed by atoms with E-state index in [1.807, 2.05) is 6.07 Å². The molecule has 3 aliphatic rings. The molecule has 0 saturated carbocycles. The number of benzene rings is 1. The van der Waals surface area contributed by atoms with Gasteiger partial charge in [0.2, 0.25) is 5.91 Å². The van der Waals surface area contributed by atoms with E-state index in [0.717, 1.165) is 0 Å². The van der Waals surface area contributed by atoms with Gasteiger partial charge in [-0.25, -0.2) is 14.5 Å². The zero-order chi connectivity index (χ0) is 20.4. The number of piperazine rings is 1. The van der Waals surface area contributed by atoms with Gasteiger partial charge in [-0.1, -0.05) is 18.2 Å². The minimum atomic E-state index is -0.440. The number of nitrogens with zero attached hydrogens (tertiary/aromatic N) is 3. The molecule has 3 unspecified atom stereocenters. The smallest absolute Gasteiger partial charge is 0.409 e. The highest BCUT2D eigenvalue weighted by Gasteiger charge is 2.45. The summed E-state index contributed by atoms with van der Waals surface area (Å²) >= 11 is 0. The number of hydrogen-bond acceptors (Lipinski definition) is 7. The lowest BCUT2D eigenvalue weighted by Crippen LogP contribution is -2.76. The maximum Gasteiger partial charge on any atom is 0.409 e. The minimum Gasteiger partial charge on any atom is -0.450 e. The minimum absolute atomic E-state index is 0.183. The number of carbonyl (C=O) groups excluding carboxylic acids is 3. The van der Waals surface area contributed by atoms with Crippen molar-refractivity contribution in [3.05, 3.63) is 30.3 Å². The molecule has 156 valence electrons. The Labute approximate surface area is 169 Å². The zero-order valence-electron chi connectivity index (χ0n) is 16.3. The van der Waals surface area contributed by atoms with E-state index in [1.165, 1.54) is 4.90 Å². The van der Waals surface area contributed by atoms with Gasteiger partial charge in [0.25, 0.3) is 0 Å². The second kappa shape index (κ2) is 8.36. The van der Waals surface area contributed by atoms with E-state index in [0.29, 0.717) is 45.0 Å². The first-order valence-corrected chi connectivity index (χ1v) is 9.93. The lowest BCUT2D eigenvalue weighted by atomic mass is 9.99. The lowest BCUT2D eigenvalue weighted by molar-refractivity contribution is -0.125. The quantitative estimate of drug-likeness (QED) is 0.650. The number of ether oxygens (including phenoxy) is 1. The molecule has 4 rings (SSSR count). The third kappa shape index (κ3) is 3.91. The molecule has 3 saturated heterocycles. The highest BCUT2D eigenvalue weighted by molar-refractivity contribution is 6.17. The molecule has 10 nitrogen and oxygen atoms in total. The molecule has 0 aromatic heterocycles. The summed E-state index contributed by atoms with van der Waals surface area (Å²) in [5.74, 6) is -0.625. The number of nitrogens with one attached hydrogen (secondary N) is 3. The van der Waals surface area contributed by atoms with Crippen LogP contribution in [0.4, 0.5) is 15.3 Å². The average molecular weight is 402 g/mol. The van der Waals surface area contributed by atoms with Crippen LogP contribution in [0.5, 0.6) is 0 Å². The van der Waals surface area contributed by atoms with Gasteiger partial charge in [-0.05, 0) is 19.1 Å². The van der Waals surface area contributed by atoms with Crippen molar-refractivity contribution in [1.29, 1.82) is 0 Å². The normalized spacial score (nSPS) is 28.0. The number of hydrogen-bond donors (Lipinski definition) is 3. The van der Waals surface area contributed by atoms with Gasteiger partial charge in [0.1, 0.15) is 6.29 Å². The van der Waals surface area contributed by atoms with E-state index in [1.54, 1.807) is 36.1 Å². The molecule has 10 heteroatoms. The van der Waals surface area contributed by atoms with Crippen molar-refractivity contribution in [2.45, 2.75) is 19.4 Å². The standard InChI is InChI=1S/C19H26N6O4/c1-2-29-19(28)24-10-8-23(9-11-24)17-20-12-14-15(21-17)22-18(27)25(16(14)26)13-6-4-3-5-7-13/h3-7,14-15,17,20-21H,2,8-12H2,1H3,(H,22,27). The van der Waals surface area contributed by atoms with Crippen LogP contribution in [0, 0.1) is 5.92 Å². The molecule has 0 aliphatic carbocycles. The summed E-state index contributed by atoms with van der Waals surface area (Å²) in [4.78, 5) is 42.4. The second-order valence-electron chi connectivity index (χ2n) is 7.24. The summed E-state index contributed by atoms with van der Waals surface area (Å²) in [7, 11) is 0. The largest absolute Gasteiger partial charge is 0.450 e. The van der Waals surface area contributed by atoms with Gasteiger partial charge in [-0.3, -0.25) is 20.3 Å². The van der Waals surface area contributed by atoms with Crippen LogP contribution in [-0.4, -0.2) is 79.6 Å². The van der Waals surface area contributed by atoms with E-state index in [2.05, 4.69) is 20.9 Å². The van der Waals surface area contributed by atoms with Crippen molar-refractivity contribution in [3.8, 4) is 0 Å². The van der Waals surface area contributed by atoms with Gasteiger partial charge in [-0.2, -0.15) is 0 Å². The molecule has 1 aromatic carbocycles. The van der Waals surface area contributed by atoms with Crippen LogP contribution in [0.25, 0.3) is 0 Å². The predicted octanol–water partition coefficient (Wildman–Crippen LogP) is -0.0644. The predicted molar refractivity (Wildman–Crippen MR) is 105 cm³/mol. The number of para-hydroxylation sites is 1. The molecule has 3 N–H and O–H groups in total. The number of imide groups is 1. The van der Waals surface area contributed by atoms with Crippen molar-refractivity contribution in [3.63, 3.8) is 0 Å². The van der Waals surface area contributed by atoms with E-state index in [-0.39, 0.29) is 18.3 Å². The fraction of sp³-hybridized carbons (Fsp3) is 0.526. The fourth-order valence-electron chi connectivity index (χ4n) is 3.97. The molecule has 0 radical (unpaired) electrons. The summed E-state index contributed by atoms with van der Waals surface area (Å²) in [6, 6.07) is 8.49. The van der Waals surface area contributed by atoms with Gasteiger partial charge in [0.15, 0.2) is 0 Å². The van der Waals surface area contributed by atoms with E-state index < -0.39 is 18.1 Å². The Bertz CT molecular complexity index is 767. The monoisotopic (exact) mass is 402 g/mol. The molecule has 1 aromatic rings. The van der Waals surface area contributed by atoms with Gasteiger partial charge >= 0.3 is 12.1 Å². The van der Waals surface area contributed by atoms with Crippen LogP contribution in [0.2, 0.25) is 0 Å². The third-order valence-electron chi connectivity index (χ3n) is 5.51. The number of urea groups is 1. The molecule has 0 spiro atoms. The molecule has 0 bridgehead atoms. The Balaban J connectivity index is 1.36. The van der Waals surface area contributed by atoms with Crippen molar-refractivity contribution in [2.75, 3.05) is 44.2 Å². The first-order chi connectivity index (χ1) is 14.1. The summed E-state index contributed by atoms with van der Waals surface area (Å²) in [6.45, 7) is 5.07. The van der Waals surface area contributed by atoms with Gasteiger partial charge in [-0.15, -0.1) is 0 Å². The summed E-state index contributed by atoms with van der Waals surface area (Å²) in [6.07, 6.45) is -0.913. The van der Waals surface area contributed by atoms with Crippen molar-refractivity contribution in [1.82, 2.24) is 25.8 Å². The number of amides is 4. The van der Waals surface area contributed by atoms with E-state index >= 15 is 0 Å². The zero-order valence-corrected chi connectivity index (χ0v) is 16.3. The Morgan fingerprint density at radius 2 is 1.86 bits per heavy atom. The fourth-order valence-corrected chi connectivity index (χ4v) is 3.97. The second-order valence-corrected chi connectivity index (χ2v) is 7.24. The Morgan fingerprint density at radius 1 is 1.14 bits per heavy atom. The lowest BCUT2D eigenvalue weighted by Gasteiger charge is -2.47. The van der Waals surface area contributed by atoms with Crippen LogP contribution in [-0.2, 0) is 9.53 Å². The molecular formula is C19H26N6O4. The van der Waals surface area contributed by atoms with Crippen molar-refractivity contribution in [2.24, 2.45) is 5.92 Å². The molecule has 3 fully saturated rings. The highest BCUT2D eigenvalue weighted by Crippen LogP contribution is 2.23. The molecule has 29 heavy (non-hydrogen) atoms. The summed E-state index contributed by atoms with van der Waals surface area (Å²) in [5, 5.41) is 9.60. The SMILES string of the molecule is CCOC(=O)N1CCN(C2NCC3C(=O)N(c4ccccc4)C(=O)NC3N2)CC1. The summed E-state index contributed by atoms with van der Waals surface area (Å²) < 4.78 is 5.05. The average Bonchev–Trinajstić information content (AvgIpc) is 2.74. The Hall–Kier alpha value is -2.69. The van der Waals surface area contributed by atoms with Crippen LogP contribution in [0.3, 0.4) is 0 Å². The van der Waals surface area contributed by atoms with Crippen LogP contribution >= 0.6 is 0 Å². The number of anilines is 1. The van der Waals surface area contributed by atoms with Crippen LogP contribution in [0.15, 0.2) is 30.3 Å². The van der Waals surface area contributed by atoms with Crippen molar-refractivity contribution >= 4 is 23.7 Å². The first-order valence-electron chi connectivity index (χ1n) is 9.93. The number of carbonyl (C=O) groups is 3. The summed E-state index contributed by atoms with van der Waals surface area (Å²) in [5.41, 5.74) is 0.561. The highest BCUT2D eigenvalue weighted by atomic mass is 16.6. The van der Waals surface area contributed by atoms with Gasteiger partial charge in [0, 0.05) is 32.7 Å². The van der Waals surface area contributed by atoms with E-state index in [4.69, 9.17) is 4.74 Å². The van der Waals surface area contributed by atoms with Crippen molar-refractivity contribution < 1.29 is 19.1 Å². The maximum atomic E-state index is 12.9. The molecule has 3 atom stereocenters. The maximum absolute atomic E-state index is 12.9. The number of fused-ring (bicyclic) bond motifs is 1. The molecular weight excluding hydrogens is 376 g/mol. The molecule has 3 aliphatic heterocycles. The first kappa shape index (κ1) is 19.6. The third-order valence-corrected chi connectivity index (χ3v) is 5.51. The van der Waals surface area contributed by atoms with E-state index in [9.17, 15) is 14.4 Å².